The van der Waals surface area contributed by atoms with Gasteiger partial charge in [-0.3, -0.25) is 4.79 Å². The van der Waals surface area contributed by atoms with Gasteiger partial charge in [0.2, 0.25) is 0 Å². The maximum Gasteiger partial charge on any atom is 0.253 e. The molecule has 2 rings (SSSR count). The summed E-state index contributed by atoms with van der Waals surface area (Å²) >= 11 is 3.02. The summed E-state index contributed by atoms with van der Waals surface area (Å²) in [5.74, 6) is -0.634. The highest BCUT2D eigenvalue weighted by atomic mass is 79.9. The molecule has 0 bridgehead atoms. The molecule has 0 spiro atoms. The number of nitrogens with zero attached hydrogens (tertiary/aromatic N) is 1. The fraction of sp³-hybridized carbons (Fsp3) is 0.417. The second kappa shape index (κ2) is 5.20. The van der Waals surface area contributed by atoms with Crippen molar-refractivity contribution in [2.45, 2.75) is 12.5 Å². The molecule has 0 saturated carbocycles. The third-order valence-corrected chi connectivity index (χ3v) is 5.60. The van der Waals surface area contributed by atoms with Crippen LogP contribution in [0, 0.1) is 5.82 Å². The zero-order chi connectivity index (χ0) is 14.2. The van der Waals surface area contributed by atoms with Gasteiger partial charge in [-0.15, -0.1) is 0 Å². The molecule has 1 amide bonds. The van der Waals surface area contributed by atoms with E-state index in [1.54, 1.807) is 7.05 Å². The van der Waals surface area contributed by atoms with E-state index in [-0.39, 0.29) is 27.9 Å². The van der Waals surface area contributed by atoms with Crippen LogP contribution < -0.4 is 0 Å². The van der Waals surface area contributed by atoms with Crippen molar-refractivity contribution in [2.24, 2.45) is 0 Å². The zero-order valence-corrected chi connectivity index (χ0v) is 12.7. The van der Waals surface area contributed by atoms with Gasteiger partial charge in [-0.2, -0.15) is 0 Å². The predicted molar refractivity (Wildman–Crippen MR) is 73.3 cm³/mol. The Labute approximate surface area is 119 Å². The number of carbonyl (C=O) groups is 1. The van der Waals surface area contributed by atoms with Crippen molar-refractivity contribution in [2.75, 3.05) is 18.6 Å². The van der Waals surface area contributed by atoms with Crippen LogP contribution in [0.15, 0.2) is 22.7 Å². The second-order valence-corrected chi connectivity index (χ2v) is 7.68. The van der Waals surface area contributed by atoms with Gasteiger partial charge in [-0.1, -0.05) is 0 Å². The lowest BCUT2D eigenvalue weighted by Gasteiger charge is -2.23. The minimum atomic E-state index is -3.03. The van der Waals surface area contributed by atoms with E-state index < -0.39 is 15.7 Å². The Bertz CT molecular complexity index is 617. The van der Waals surface area contributed by atoms with Gasteiger partial charge in [0.05, 0.1) is 16.0 Å². The smallest absolute Gasteiger partial charge is 0.253 e. The van der Waals surface area contributed by atoms with Crippen molar-refractivity contribution in [3.05, 3.63) is 34.1 Å². The number of sulfone groups is 1. The van der Waals surface area contributed by atoms with Gasteiger partial charge in [-0.25, -0.2) is 12.8 Å². The van der Waals surface area contributed by atoms with Gasteiger partial charge in [0, 0.05) is 18.7 Å². The highest BCUT2D eigenvalue weighted by molar-refractivity contribution is 9.10. The van der Waals surface area contributed by atoms with Crippen LogP contribution in [0.5, 0.6) is 0 Å². The summed E-state index contributed by atoms with van der Waals surface area (Å²) in [6.07, 6.45) is 0.451. The van der Waals surface area contributed by atoms with Crippen molar-refractivity contribution in [1.29, 1.82) is 0 Å². The monoisotopic (exact) mass is 349 g/mol. The first-order valence-electron chi connectivity index (χ1n) is 5.73. The fourth-order valence-corrected chi connectivity index (χ4v) is 4.23. The van der Waals surface area contributed by atoms with Crippen LogP contribution in [-0.2, 0) is 9.84 Å². The number of rotatable bonds is 2. The van der Waals surface area contributed by atoms with Crippen molar-refractivity contribution >= 4 is 31.7 Å². The summed E-state index contributed by atoms with van der Waals surface area (Å²) in [5, 5.41) is 0. The van der Waals surface area contributed by atoms with Crippen LogP contribution in [-0.4, -0.2) is 43.8 Å². The minimum Gasteiger partial charge on any atom is -0.338 e. The SMILES string of the molecule is CN(C(=O)c1ccc(F)c(Br)c1)C1CCS(=O)(=O)C1. The second-order valence-electron chi connectivity index (χ2n) is 4.60. The van der Waals surface area contributed by atoms with Gasteiger partial charge >= 0.3 is 0 Å². The maximum atomic E-state index is 13.1. The minimum absolute atomic E-state index is 0.00238. The molecule has 1 atom stereocenters. The average Bonchev–Trinajstić information content (AvgIpc) is 2.71. The molecule has 1 saturated heterocycles. The normalized spacial score (nSPS) is 21.3. The molecule has 104 valence electrons. The number of hydrogen-bond acceptors (Lipinski definition) is 3. The molecule has 7 heteroatoms. The fourth-order valence-electron chi connectivity index (χ4n) is 2.08. The number of amides is 1. The van der Waals surface area contributed by atoms with Crippen molar-refractivity contribution < 1.29 is 17.6 Å². The topological polar surface area (TPSA) is 54.5 Å². The average molecular weight is 350 g/mol. The van der Waals surface area contributed by atoms with Crippen LogP contribution >= 0.6 is 15.9 Å². The van der Waals surface area contributed by atoms with Gasteiger partial charge in [0.25, 0.3) is 5.91 Å². The highest BCUT2D eigenvalue weighted by Crippen LogP contribution is 2.21. The molecule has 1 aliphatic heterocycles. The summed E-state index contributed by atoms with van der Waals surface area (Å²) in [7, 11) is -1.46. The van der Waals surface area contributed by atoms with Crippen LogP contribution in [0.25, 0.3) is 0 Å². The van der Waals surface area contributed by atoms with Crippen molar-refractivity contribution in [3.8, 4) is 0 Å². The molecule has 0 aromatic heterocycles. The Hall–Kier alpha value is -0.950. The Morgan fingerprint density at radius 2 is 2.16 bits per heavy atom. The first-order valence-corrected chi connectivity index (χ1v) is 8.34. The molecule has 1 aliphatic rings. The lowest BCUT2D eigenvalue weighted by atomic mass is 10.1. The summed E-state index contributed by atoms with van der Waals surface area (Å²) in [4.78, 5) is 13.6. The third-order valence-electron chi connectivity index (χ3n) is 3.24. The maximum absolute atomic E-state index is 13.1. The van der Waals surface area contributed by atoms with E-state index in [1.807, 2.05) is 0 Å². The summed E-state index contributed by atoms with van der Waals surface area (Å²) in [6.45, 7) is 0. The Morgan fingerprint density at radius 1 is 1.47 bits per heavy atom. The van der Waals surface area contributed by atoms with Gasteiger partial charge in [0.15, 0.2) is 9.84 Å². The van der Waals surface area contributed by atoms with Gasteiger partial charge in [-0.05, 0) is 40.5 Å². The van der Waals surface area contributed by atoms with E-state index in [0.717, 1.165) is 0 Å². The van der Waals surface area contributed by atoms with Crippen LogP contribution in [0.2, 0.25) is 0 Å². The van der Waals surface area contributed by atoms with E-state index in [1.165, 1.54) is 23.1 Å². The molecule has 1 unspecified atom stereocenters. The molecule has 4 nitrogen and oxygen atoms in total. The van der Waals surface area contributed by atoms with E-state index >= 15 is 0 Å². The Morgan fingerprint density at radius 3 is 2.68 bits per heavy atom. The van der Waals surface area contributed by atoms with Gasteiger partial charge in [0.1, 0.15) is 5.82 Å². The molecule has 1 aromatic carbocycles. The van der Waals surface area contributed by atoms with E-state index in [2.05, 4.69) is 15.9 Å². The Balaban J connectivity index is 2.17. The lowest BCUT2D eigenvalue weighted by Crippen LogP contribution is -2.37. The zero-order valence-electron chi connectivity index (χ0n) is 10.3. The first-order chi connectivity index (χ1) is 8.80. The van der Waals surface area contributed by atoms with Crippen molar-refractivity contribution in [3.63, 3.8) is 0 Å². The number of halogens is 2. The Kier molecular flexibility index (Phi) is 3.96. The van der Waals surface area contributed by atoms with E-state index in [4.69, 9.17) is 0 Å². The van der Waals surface area contributed by atoms with Crippen LogP contribution in [0.1, 0.15) is 16.8 Å². The van der Waals surface area contributed by atoms with Gasteiger partial charge < -0.3 is 4.90 Å². The molecular weight excluding hydrogens is 337 g/mol. The largest absolute Gasteiger partial charge is 0.338 e. The molecule has 0 aliphatic carbocycles. The number of carbonyl (C=O) groups excluding carboxylic acids is 1. The molecule has 19 heavy (non-hydrogen) atoms. The molecule has 1 fully saturated rings. The summed E-state index contributed by atoms with van der Waals surface area (Å²) in [5.41, 5.74) is 0.333. The summed E-state index contributed by atoms with van der Waals surface area (Å²) in [6, 6.07) is 3.69. The standard InChI is InChI=1S/C12H13BrFNO3S/c1-15(9-4-5-19(17,18)7-9)12(16)8-2-3-11(14)10(13)6-8/h2-3,6,9H,4-5,7H2,1H3. The lowest BCUT2D eigenvalue weighted by molar-refractivity contribution is 0.0747. The third kappa shape index (κ3) is 3.14. The number of hydrogen-bond donors (Lipinski definition) is 0. The quantitative estimate of drug-likeness (QED) is 0.818. The number of benzene rings is 1. The molecule has 0 N–H and O–H groups in total. The predicted octanol–water partition coefficient (Wildman–Crippen LogP) is 1.85. The van der Waals surface area contributed by atoms with E-state index in [9.17, 15) is 17.6 Å². The molecule has 0 radical (unpaired) electrons. The molecular formula is C12H13BrFNO3S. The van der Waals surface area contributed by atoms with Crippen LogP contribution in [0.3, 0.4) is 0 Å². The van der Waals surface area contributed by atoms with Crippen LogP contribution in [0.4, 0.5) is 4.39 Å². The summed E-state index contributed by atoms with van der Waals surface area (Å²) < 4.78 is 36.1. The molecule has 1 aromatic rings. The first kappa shape index (κ1) is 14.5. The highest BCUT2D eigenvalue weighted by Gasteiger charge is 2.33. The molecule has 1 heterocycles. The van der Waals surface area contributed by atoms with Crippen molar-refractivity contribution in [1.82, 2.24) is 4.90 Å². The van der Waals surface area contributed by atoms with E-state index in [0.29, 0.717) is 12.0 Å².